The molecule has 1 saturated carbocycles. The molecule has 0 heterocycles. The fourth-order valence-corrected chi connectivity index (χ4v) is 4.25. The Morgan fingerprint density at radius 2 is 1.91 bits per heavy atom. The van der Waals surface area contributed by atoms with Gasteiger partial charge in [0.2, 0.25) is 0 Å². The topological polar surface area (TPSA) is 37.3 Å². The van der Waals surface area contributed by atoms with E-state index in [9.17, 15) is 9.90 Å². The first-order chi connectivity index (χ1) is 10.2. The normalized spacial score (nSPS) is 29.9. The minimum atomic E-state index is -0.379. The number of benzene rings is 1. The van der Waals surface area contributed by atoms with Crippen LogP contribution in [-0.4, -0.2) is 17.0 Å². The van der Waals surface area contributed by atoms with Crippen LogP contribution < -0.4 is 0 Å². The van der Waals surface area contributed by atoms with Crippen molar-refractivity contribution in [2.24, 2.45) is 5.41 Å². The van der Waals surface area contributed by atoms with Gasteiger partial charge in [0, 0.05) is 16.4 Å². The molecule has 2 nitrogen and oxygen atoms in total. The van der Waals surface area contributed by atoms with E-state index in [0.717, 1.165) is 29.5 Å². The molecule has 0 amide bonds. The zero-order valence-corrected chi connectivity index (χ0v) is 14.2. The number of aliphatic hydroxyl groups excluding tert-OH is 1. The summed E-state index contributed by atoms with van der Waals surface area (Å²) in [5.41, 5.74) is 3.80. The molecular formula is C20H26O2. The Labute approximate surface area is 133 Å². The maximum absolute atomic E-state index is 12.7. The molecule has 1 fully saturated rings. The smallest absolute Gasteiger partial charge is 0.186 e. The summed E-state index contributed by atoms with van der Waals surface area (Å²) >= 11 is 0. The Morgan fingerprint density at radius 1 is 1.23 bits per heavy atom. The highest BCUT2D eigenvalue weighted by molar-refractivity contribution is 6.08. The van der Waals surface area contributed by atoms with Crippen molar-refractivity contribution in [3.63, 3.8) is 0 Å². The van der Waals surface area contributed by atoms with Crippen molar-refractivity contribution >= 4 is 5.78 Å². The quantitative estimate of drug-likeness (QED) is 0.836. The van der Waals surface area contributed by atoms with E-state index in [4.69, 9.17) is 0 Å². The number of hydrogen-bond donors (Lipinski definition) is 1. The Bertz CT molecular complexity index is 666. The van der Waals surface area contributed by atoms with Crippen LogP contribution in [0.25, 0.3) is 0 Å². The minimum absolute atomic E-state index is 0.0900. The van der Waals surface area contributed by atoms with Crippen LogP contribution in [0.4, 0.5) is 0 Å². The molecule has 2 heteroatoms. The van der Waals surface area contributed by atoms with Gasteiger partial charge in [0.25, 0.3) is 0 Å². The SMILES string of the molecule is CC(C)c1ccc2c(c1)C(=O)C=C1C(C)(C)[C@@H](O)CC[C@@]12C. The number of carbonyl (C=O) groups is 1. The molecule has 118 valence electrons. The number of aliphatic hydroxyl groups is 1. The average Bonchev–Trinajstić information content (AvgIpc) is 2.46. The zero-order valence-electron chi connectivity index (χ0n) is 14.2. The van der Waals surface area contributed by atoms with Gasteiger partial charge in [-0.15, -0.1) is 0 Å². The number of hydrogen-bond acceptors (Lipinski definition) is 2. The maximum Gasteiger partial charge on any atom is 0.186 e. The third kappa shape index (κ3) is 2.00. The van der Waals surface area contributed by atoms with E-state index in [0.29, 0.717) is 5.92 Å². The van der Waals surface area contributed by atoms with Gasteiger partial charge in [-0.3, -0.25) is 4.79 Å². The number of fused-ring (bicyclic) bond motifs is 3. The Hall–Kier alpha value is -1.41. The fourth-order valence-electron chi connectivity index (χ4n) is 4.25. The van der Waals surface area contributed by atoms with Gasteiger partial charge in [0.05, 0.1) is 6.10 Å². The van der Waals surface area contributed by atoms with Crippen molar-refractivity contribution in [1.29, 1.82) is 0 Å². The van der Waals surface area contributed by atoms with Gasteiger partial charge in [-0.25, -0.2) is 0 Å². The van der Waals surface area contributed by atoms with Gasteiger partial charge in [0.1, 0.15) is 0 Å². The summed E-state index contributed by atoms with van der Waals surface area (Å²) < 4.78 is 0. The second-order valence-corrected chi connectivity index (χ2v) is 7.99. The Morgan fingerprint density at radius 3 is 2.55 bits per heavy atom. The van der Waals surface area contributed by atoms with E-state index < -0.39 is 0 Å². The number of rotatable bonds is 1. The lowest BCUT2D eigenvalue weighted by Gasteiger charge is -2.51. The lowest BCUT2D eigenvalue weighted by atomic mass is 9.54. The average molecular weight is 298 g/mol. The second kappa shape index (κ2) is 4.79. The largest absolute Gasteiger partial charge is 0.392 e. The summed E-state index contributed by atoms with van der Waals surface area (Å²) in [7, 11) is 0. The molecule has 0 unspecified atom stereocenters. The van der Waals surface area contributed by atoms with Crippen LogP contribution in [0.3, 0.4) is 0 Å². The van der Waals surface area contributed by atoms with E-state index in [1.165, 1.54) is 5.56 Å². The first-order valence-corrected chi connectivity index (χ1v) is 8.27. The van der Waals surface area contributed by atoms with E-state index in [-0.39, 0.29) is 22.7 Å². The summed E-state index contributed by atoms with van der Waals surface area (Å²) in [6, 6.07) is 6.37. The Kier molecular flexibility index (Phi) is 3.37. The Balaban J connectivity index is 2.20. The predicted molar refractivity (Wildman–Crippen MR) is 89.3 cm³/mol. The van der Waals surface area contributed by atoms with Crippen LogP contribution in [0.5, 0.6) is 0 Å². The molecule has 0 aromatic heterocycles. The summed E-state index contributed by atoms with van der Waals surface area (Å²) in [5, 5.41) is 10.4. The van der Waals surface area contributed by atoms with Gasteiger partial charge in [0.15, 0.2) is 5.78 Å². The lowest BCUT2D eigenvalue weighted by Crippen LogP contribution is -2.48. The van der Waals surface area contributed by atoms with Crippen molar-refractivity contribution in [2.45, 2.75) is 64.9 Å². The monoisotopic (exact) mass is 298 g/mol. The summed E-state index contributed by atoms with van der Waals surface area (Å²) in [6.07, 6.45) is 3.09. The highest BCUT2D eigenvalue weighted by Crippen LogP contribution is 2.54. The van der Waals surface area contributed by atoms with Crippen molar-refractivity contribution in [3.05, 3.63) is 46.5 Å². The van der Waals surface area contributed by atoms with Crippen LogP contribution in [0, 0.1) is 5.41 Å². The van der Waals surface area contributed by atoms with Gasteiger partial charge in [-0.1, -0.05) is 46.8 Å². The first-order valence-electron chi connectivity index (χ1n) is 8.27. The van der Waals surface area contributed by atoms with Gasteiger partial charge < -0.3 is 5.11 Å². The molecule has 2 atom stereocenters. The third-order valence-corrected chi connectivity index (χ3v) is 5.89. The molecule has 0 radical (unpaired) electrons. The standard InChI is InChI=1S/C20H26O2/c1-12(2)13-6-7-15-14(10-13)16(21)11-17-19(3,4)18(22)8-9-20(15,17)5/h6-7,10-12,18,22H,8-9H2,1-5H3/t18-,20+/m0/s1. The predicted octanol–water partition coefficient (Wildman–Crippen LogP) is 4.37. The minimum Gasteiger partial charge on any atom is -0.392 e. The molecule has 0 bridgehead atoms. The summed E-state index contributed by atoms with van der Waals surface area (Å²) in [5.74, 6) is 0.507. The van der Waals surface area contributed by atoms with Crippen LogP contribution in [0.2, 0.25) is 0 Å². The first kappa shape index (κ1) is 15.5. The molecule has 0 aliphatic heterocycles. The van der Waals surface area contributed by atoms with Crippen molar-refractivity contribution in [3.8, 4) is 0 Å². The molecule has 22 heavy (non-hydrogen) atoms. The van der Waals surface area contributed by atoms with E-state index in [1.807, 2.05) is 0 Å². The van der Waals surface area contributed by atoms with Gasteiger partial charge in [-0.2, -0.15) is 0 Å². The second-order valence-electron chi connectivity index (χ2n) is 7.99. The van der Waals surface area contributed by atoms with E-state index in [1.54, 1.807) is 6.08 Å². The lowest BCUT2D eigenvalue weighted by molar-refractivity contribution is 0.0285. The van der Waals surface area contributed by atoms with Crippen LogP contribution in [0.1, 0.15) is 74.9 Å². The number of ketones is 1. The molecule has 0 saturated heterocycles. The van der Waals surface area contributed by atoms with Gasteiger partial charge >= 0.3 is 0 Å². The number of carbonyl (C=O) groups excluding carboxylic acids is 1. The molecule has 2 aliphatic carbocycles. The summed E-state index contributed by atoms with van der Waals surface area (Å²) in [4.78, 5) is 12.7. The molecular weight excluding hydrogens is 272 g/mol. The summed E-state index contributed by atoms with van der Waals surface area (Å²) in [6.45, 7) is 10.6. The van der Waals surface area contributed by atoms with Crippen molar-refractivity contribution in [2.75, 3.05) is 0 Å². The molecule has 0 spiro atoms. The molecule has 1 aromatic carbocycles. The van der Waals surface area contributed by atoms with Crippen molar-refractivity contribution < 1.29 is 9.90 Å². The van der Waals surface area contributed by atoms with Crippen LogP contribution in [-0.2, 0) is 5.41 Å². The van der Waals surface area contributed by atoms with Gasteiger partial charge in [-0.05, 0) is 47.6 Å². The maximum atomic E-state index is 12.7. The molecule has 3 rings (SSSR count). The molecule has 2 aliphatic rings. The van der Waals surface area contributed by atoms with Crippen molar-refractivity contribution in [1.82, 2.24) is 0 Å². The molecule has 1 N–H and O–H groups in total. The highest BCUT2D eigenvalue weighted by Gasteiger charge is 2.50. The number of allylic oxidation sites excluding steroid dienone is 1. The molecule has 1 aromatic rings. The zero-order chi connectivity index (χ0) is 16.3. The van der Waals surface area contributed by atoms with E-state index in [2.05, 4.69) is 52.8 Å². The van der Waals surface area contributed by atoms with E-state index >= 15 is 0 Å². The van der Waals surface area contributed by atoms with Crippen LogP contribution in [0.15, 0.2) is 29.8 Å². The highest BCUT2D eigenvalue weighted by atomic mass is 16.3. The van der Waals surface area contributed by atoms with Crippen LogP contribution >= 0.6 is 0 Å². The third-order valence-electron chi connectivity index (χ3n) is 5.89. The fraction of sp³-hybridized carbons (Fsp3) is 0.550.